The third-order valence-electron chi connectivity index (χ3n) is 3.21. The highest BCUT2D eigenvalue weighted by Crippen LogP contribution is 2.28. The number of fused-ring (bicyclic) bond motifs is 1. The highest BCUT2D eigenvalue weighted by Gasteiger charge is 2.40. The van der Waals surface area contributed by atoms with Gasteiger partial charge >= 0.3 is 5.69 Å². The van der Waals surface area contributed by atoms with Crippen molar-refractivity contribution in [2.45, 2.75) is 18.9 Å². The summed E-state index contributed by atoms with van der Waals surface area (Å²) in [5.74, 6) is 0.680. The van der Waals surface area contributed by atoms with Gasteiger partial charge in [-0.3, -0.25) is 0 Å². The van der Waals surface area contributed by atoms with Gasteiger partial charge in [-0.1, -0.05) is 6.92 Å². The standard InChI is InChI=1S/C10H13N5O2/c1-2-10(17)5-14(6-10)8-4-3-7-11-12-9(16)15(7)13-8/h3-4,17H,2,5-6H2,1H3,(H,12,16). The van der Waals surface area contributed by atoms with Gasteiger partial charge in [-0.05, 0) is 18.6 Å². The molecular weight excluding hydrogens is 222 g/mol. The maximum Gasteiger partial charge on any atom is 0.364 e. The summed E-state index contributed by atoms with van der Waals surface area (Å²) in [6.07, 6.45) is 0.720. The summed E-state index contributed by atoms with van der Waals surface area (Å²) < 4.78 is 1.22. The average Bonchev–Trinajstić information content (AvgIpc) is 2.67. The van der Waals surface area contributed by atoms with Crippen LogP contribution in [0.2, 0.25) is 0 Å². The summed E-state index contributed by atoms with van der Waals surface area (Å²) in [4.78, 5) is 13.3. The molecule has 0 atom stereocenters. The van der Waals surface area contributed by atoms with Crippen LogP contribution in [0.5, 0.6) is 0 Å². The van der Waals surface area contributed by atoms with Crippen LogP contribution < -0.4 is 10.6 Å². The minimum Gasteiger partial charge on any atom is -0.386 e. The fraction of sp³-hybridized carbons (Fsp3) is 0.500. The first-order valence-corrected chi connectivity index (χ1v) is 5.53. The second-order valence-corrected chi connectivity index (χ2v) is 4.42. The number of nitrogens with one attached hydrogen (secondary N) is 1. The highest BCUT2D eigenvalue weighted by molar-refractivity contribution is 5.48. The van der Waals surface area contributed by atoms with E-state index in [9.17, 15) is 9.90 Å². The molecule has 2 N–H and O–H groups in total. The Bertz CT molecular complexity index is 610. The lowest BCUT2D eigenvalue weighted by molar-refractivity contribution is 0.00795. The largest absolute Gasteiger partial charge is 0.386 e. The van der Waals surface area contributed by atoms with E-state index in [-0.39, 0.29) is 5.69 Å². The molecule has 7 heteroatoms. The van der Waals surface area contributed by atoms with Crippen molar-refractivity contribution >= 4 is 11.5 Å². The molecule has 17 heavy (non-hydrogen) atoms. The van der Waals surface area contributed by atoms with E-state index in [0.29, 0.717) is 24.6 Å². The zero-order chi connectivity index (χ0) is 12.0. The zero-order valence-corrected chi connectivity index (χ0v) is 9.42. The molecule has 0 unspecified atom stereocenters. The van der Waals surface area contributed by atoms with Crippen LogP contribution in [0.4, 0.5) is 5.82 Å². The Morgan fingerprint density at radius 3 is 3.00 bits per heavy atom. The molecule has 3 rings (SSSR count). The third kappa shape index (κ3) is 1.50. The van der Waals surface area contributed by atoms with Crippen molar-refractivity contribution in [3.05, 3.63) is 22.6 Å². The molecule has 1 saturated heterocycles. The lowest BCUT2D eigenvalue weighted by atomic mass is 9.91. The van der Waals surface area contributed by atoms with Crippen molar-refractivity contribution in [2.24, 2.45) is 0 Å². The Morgan fingerprint density at radius 2 is 2.29 bits per heavy atom. The van der Waals surface area contributed by atoms with Gasteiger partial charge in [0.15, 0.2) is 5.65 Å². The van der Waals surface area contributed by atoms with Crippen molar-refractivity contribution in [1.82, 2.24) is 19.8 Å². The van der Waals surface area contributed by atoms with E-state index in [2.05, 4.69) is 15.3 Å². The van der Waals surface area contributed by atoms with Gasteiger partial charge in [0, 0.05) is 0 Å². The second-order valence-electron chi connectivity index (χ2n) is 4.42. The fourth-order valence-electron chi connectivity index (χ4n) is 2.01. The van der Waals surface area contributed by atoms with Crippen molar-refractivity contribution in [3.63, 3.8) is 0 Å². The number of aromatic amines is 1. The highest BCUT2D eigenvalue weighted by atomic mass is 16.3. The van der Waals surface area contributed by atoms with E-state index in [0.717, 1.165) is 6.42 Å². The number of hydrogen-bond donors (Lipinski definition) is 2. The molecule has 0 bridgehead atoms. The molecule has 2 aromatic heterocycles. The fourth-order valence-corrected chi connectivity index (χ4v) is 2.01. The SMILES string of the molecule is CCC1(O)CN(c2ccc3n[nH]c(=O)n3n2)C1. The van der Waals surface area contributed by atoms with Crippen LogP contribution in [0, 0.1) is 0 Å². The average molecular weight is 235 g/mol. The molecule has 0 saturated carbocycles. The monoisotopic (exact) mass is 235 g/mol. The molecule has 1 aliphatic heterocycles. The molecular formula is C10H13N5O2. The molecule has 0 aliphatic carbocycles. The molecule has 90 valence electrons. The van der Waals surface area contributed by atoms with Crippen LogP contribution in [0.25, 0.3) is 5.65 Å². The minimum absolute atomic E-state index is 0.354. The summed E-state index contributed by atoms with van der Waals surface area (Å²) >= 11 is 0. The maximum absolute atomic E-state index is 11.4. The molecule has 0 aromatic carbocycles. The third-order valence-corrected chi connectivity index (χ3v) is 3.21. The van der Waals surface area contributed by atoms with Gasteiger partial charge in [0.2, 0.25) is 0 Å². The molecule has 1 fully saturated rings. The van der Waals surface area contributed by atoms with E-state index in [1.165, 1.54) is 4.52 Å². The Labute approximate surface area is 96.7 Å². The number of hydrogen-bond acceptors (Lipinski definition) is 5. The molecule has 0 radical (unpaired) electrons. The number of rotatable bonds is 2. The van der Waals surface area contributed by atoms with Gasteiger partial charge in [0.1, 0.15) is 5.82 Å². The number of nitrogens with zero attached hydrogens (tertiary/aromatic N) is 4. The molecule has 7 nitrogen and oxygen atoms in total. The Balaban J connectivity index is 1.92. The molecule has 3 heterocycles. The summed E-state index contributed by atoms with van der Waals surface area (Å²) in [5.41, 5.74) is -0.476. The first-order chi connectivity index (χ1) is 8.11. The number of anilines is 1. The van der Waals surface area contributed by atoms with Crippen molar-refractivity contribution in [3.8, 4) is 0 Å². The zero-order valence-electron chi connectivity index (χ0n) is 9.42. The molecule has 0 amide bonds. The smallest absolute Gasteiger partial charge is 0.364 e. The molecule has 1 aliphatic rings. The lowest BCUT2D eigenvalue weighted by Crippen LogP contribution is -2.62. The lowest BCUT2D eigenvalue weighted by Gasteiger charge is -2.46. The van der Waals surface area contributed by atoms with Crippen LogP contribution >= 0.6 is 0 Å². The van der Waals surface area contributed by atoms with Gasteiger partial charge in [0.05, 0.1) is 18.7 Å². The number of aromatic nitrogens is 4. The van der Waals surface area contributed by atoms with Crippen LogP contribution in [-0.4, -0.2) is 43.6 Å². The molecule has 2 aromatic rings. The van der Waals surface area contributed by atoms with Crippen LogP contribution in [0.15, 0.2) is 16.9 Å². The Kier molecular flexibility index (Phi) is 1.99. The van der Waals surface area contributed by atoms with E-state index in [1.807, 2.05) is 11.8 Å². The van der Waals surface area contributed by atoms with Gasteiger partial charge < -0.3 is 10.0 Å². The van der Waals surface area contributed by atoms with Gasteiger partial charge in [-0.25, -0.2) is 9.89 Å². The van der Waals surface area contributed by atoms with E-state index in [4.69, 9.17) is 0 Å². The quantitative estimate of drug-likeness (QED) is 0.724. The van der Waals surface area contributed by atoms with Crippen molar-refractivity contribution in [1.29, 1.82) is 0 Å². The van der Waals surface area contributed by atoms with Gasteiger partial charge in [-0.2, -0.15) is 9.61 Å². The predicted octanol–water partition coefficient (Wildman–Crippen LogP) is -0.621. The van der Waals surface area contributed by atoms with Crippen LogP contribution in [0.3, 0.4) is 0 Å². The molecule has 0 spiro atoms. The second kappa shape index (κ2) is 3.30. The summed E-state index contributed by atoms with van der Waals surface area (Å²) in [7, 11) is 0. The first kappa shape index (κ1) is 10.3. The maximum atomic E-state index is 11.4. The Hall–Kier alpha value is -1.89. The summed E-state index contributed by atoms with van der Waals surface area (Å²) in [5, 5.41) is 20.2. The predicted molar refractivity (Wildman–Crippen MR) is 61.1 cm³/mol. The number of β-amino-alcohol motifs (C(OH)–C–C–N with tert-alkyl or cyclic N) is 1. The van der Waals surface area contributed by atoms with Crippen LogP contribution in [-0.2, 0) is 0 Å². The van der Waals surface area contributed by atoms with E-state index in [1.54, 1.807) is 12.1 Å². The summed E-state index contributed by atoms with van der Waals surface area (Å²) in [6.45, 7) is 3.05. The van der Waals surface area contributed by atoms with Gasteiger partial charge in [-0.15, -0.1) is 5.10 Å². The van der Waals surface area contributed by atoms with E-state index >= 15 is 0 Å². The van der Waals surface area contributed by atoms with E-state index < -0.39 is 5.60 Å². The Morgan fingerprint density at radius 1 is 1.53 bits per heavy atom. The van der Waals surface area contributed by atoms with Gasteiger partial charge in [0.25, 0.3) is 0 Å². The number of H-pyrrole nitrogens is 1. The summed E-state index contributed by atoms with van der Waals surface area (Å²) in [6, 6.07) is 3.52. The van der Waals surface area contributed by atoms with Crippen molar-refractivity contribution < 1.29 is 5.11 Å². The van der Waals surface area contributed by atoms with Crippen molar-refractivity contribution in [2.75, 3.05) is 18.0 Å². The number of aliphatic hydroxyl groups is 1. The first-order valence-electron chi connectivity index (χ1n) is 5.53. The normalized spacial score (nSPS) is 18.4. The van der Waals surface area contributed by atoms with Crippen LogP contribution in [0.1, 0.15) is 13.3 Å². The minimum atomic E-state index is -0.613. The topological polar surface area (TPSA) is 86.5 Å².